The van der Waals surface area contributed by atoms with Crippen LogP contribution < -0.4 is 9.86 Å². The van der Waals surface area contributed by atoms with Crippen molar-refractivity contribution in [2.24, 2.45) is 10.1 Å². The number of rotatable bonds is 1. The molecule has 0 spiro atoms. The first-order valence-corrected chi connectivity index (χ1v) is 4.46. The molecule has 1 rings (SSSR count). The topological polar surface area (TPSA) is 84.5 Å². The van der Waals surface area contributed by atoms with Gasteiger partial charge in [-0.15, -0.1) is 0 Å². The molecule has 0 atom stereocenters. The molecule has 0 aromatic carbocycles. The largest absolute Gasteiger partial charge is 0.297 e. The Morgan fingerprint density at radius 3 is 2.70 bits per heavy atom. The van der Waals surface area contributed by atoms with E-state index in [0.717, 1.165) is 6.42 Å². The summed E-state index contributed by atoms with van der Waals surface area (Å²) in [6.07, 6.45) is 1.58. The minimum Gasteiger partial charge on any atom is -0.272 e. The zero-order valence-corrected chi connectivity index (χ0v) is 6.19. The van der Waals surface area contributed by atoms with E-state index in [9.17, 15) is 8.42 Å². The molecule has 0 amide bonds. The molecule has 58 valence electrons. The number of hydrogen-bond donors (Lipinski definition) is 2. The van der Waals surface area contributed by atoms with Crippen LogP contribution >= 0.6 is 0 Å². The molecule has 0 aliphatic carbocycles. The molecule has 10 heavy (non-hydrogen) atoms. The van der Waals surface area contributed by atoms with Crippen molar-refractivity contribution in [2.45, 2.75) is 12.8 Å². The Kier molecular flexibility index (Phi) is 1.91. The number of nitrogens with one attached hydrogen (secondary N) is 1. The summed E-state index contributed by atoms with van der Waals surface area (Å²) in [6, 6.07) is 0. The molecule has 3 N–H and O–H groups in total. The lowest BCUT2D eigenvalue weighted by molar-refractivity contribution is 0.594. The van der Waals surface area contributed by atoms with E-state index in [-0.39, 0.29) is 0 Å². The monoisotopic (exact) mass is 163 g/mol. The number of hydrogen-bond acceptors (Lipinski definition) is 3. The van der Waals surface area contributed by atoms with Gasteiger partial charge < -0.3 is 0 Å². The molecule has 0 fully saturated rings. The molecule has 0 radical (unpaired) electrons. The molecule has 0 aromatic rings. The molecule has 0 bridgehead atoms. The third kappa shape index (κ3) is 2.32. The van der Waals surface area contributed by atoms with Gasteiger partial charge in [-0.3, -0.25) is 9.71 Å². The van der Waals surface area contributed by atoms with Gasteiger partial charge in [-0.1, -0.05) is 0 Å². The standard InChI is InChI=1S/C4H9N3O2S/c5-10(8,9)7-4-2-1-3-6-4/h1-3H2,(H,6,7)(H2,5,8,9). The average molecular weight is 163 g/mol. The van der Waals surface area contributed by atoms with Gasteiger partial charge in [0.05, 0.1) is 0 Å². The summed E-state index contributed by atoms with van der Waals surface area (Å²) in [4.78, 5) is 3.87. The lowest BCUT2D eigenvalue weighted by Gasteiger charge is -1.99. The van der Waals surface area contributed by atoms with Crippen LogP contribution in [0, 0.1) is 0 Å². The Balaban J connectivity index is 2.54. The second kappa shape index (κ2) is 2.55. The summed E-state index contributed by atoms with van der Waals surface area (Å²) in [7, 11) is -3.59. The molecule has 0 saturated carbocycles. The zero-order valence-electron chi connectivity index (χ0n) is 5.37. The molecular weight excluding hydrogens is 154 g/mol. The van der Waals surface area contributed by atoms with Gasteiger partial charge in [0.1, 0.15) is 5.84 Å². The summed E-state index contributed by atoms with van der Waals surface area (Å²) in [6.45, 7) is 0.692. The fourth-order valence-electron chi connectivity index (χ4n) is 0.787. The summed E-state index contributed by atoms with van der Waals surface area (Å²) >= 11 is 0. The normalized spacial score (nSPS) is 18.7. The zero-order chi connectivity index (χ0) is 7.61. The van der Waals surface area contributed by atoms with Gasteiger partial charge >= 0.3 is 0 Å². The second-order valence-corrected chi connectivity index (χ2v) is 3.37. The van der Waals surface area contributed by atoms with Crippen molar-refractivity contribution >= 4 is 16.0 Å². The Hall–Kier alpha value is -0.620. The maximum absolute atomic E-state index is 10.4. The number of aliphatic imine (C=N–C) groups is 1. The molecule has 0 unspecified atom stereocenters. The van der Waals surface area contributed by atoms with E-state index >= 15 is 0 Å². The van der Waals surface area contributed by atoms with Gasteiger partial charge in [0.15, 0.2) is 0 Å². The van der Waals surface area contributed by atoms with Crippen molar-refractivity contribution in [2.75, 3.05) is 6.54 Å². The van der Waals surface area contributed by atoms with Crippen molar-refractivity contribution in [3.05, 3.63) is 0 Å². The molecule has 6 heteroatoms. The van der Waals surface area contributed by atoms with Gasteiger partial charge in [0.2, 0.25) is 0 Å². The Morgan fingerprint density at radius 2 is 2.30 bits per heavy atom. The predicted molar refractivity (Wildman–Crippen MR) is 37.8 cm³/mol. The molecule has 0 aromatic heterocycles. The van der Waals surface area contributed by atoms with Crippen LogP contribution in [0.2, 0.25) is 0 Å². The smallest absolute Gasteiger partial charge is 0.272 e. The van der Waals surface area contributed by atoms with Crippen LogP contribution in [0.3, 0.4) is 0 Å². The van der Waals surface area contributed by atoms with E-state index in [1.807, 2.05) is 0 Å². The van der Waals surface area contributed by atoms with Crippen LogP contribution in [0.5, 0.6) is 0 Å². The lowest BCUT2D eigenvalue weighted by Crippen LogP contribution is -2.34. The van der Waals surface area contributed by atoms with Crippen LogP contribution in [0.4, 0.5) is 0 Å². The quantitative estimate of drug-likeness (QED) is 0.518. The predicted octanol–water partition coefficient (Wildman–Crippen LogP) is -1.03. The van der Waals surface area contributed by atoms with Crippen molar-refractivity contribution in [1.82, 2.24) is 4.72 Å². The van der Waals surface area contributed by atoms with Gasteiger partial charge in [-0.2, -0.15) is 8.42 Å². The summed E-state index contributed by atoms with van der Waals surface area (Å²) < 4.78 is 22.9. The Bertz CT molecular complexity index is 243. The van der Waals surface area contributed by atoms with Crippen LogP contribution in [-0.4, -0.2) is 20.8 Å². The van der Waals surface area contributed by atoms with E-state index < -0.39 is 10.2 Å². The lowest BCUT2D eigenvalue weighted by atomic mass is 10.3. The highest BCUT2D eigenvalue weighted by atomic mass is 32.2. The summed E-state index contributed by atoms with van der Waals surface area (Å²) in [5, 5.41) is 4.70. The van der Waals surface area contributed by atoms with Crippen LogP contribution in [-0.2, 0) is 10.2 Å². The third-order valence-electron chi connectivity index (χ3n) is 1.13. The summed E-state index contributed by atoms with van der Waals surface area (Å²) in [5.74, 6) is 0.475. The van der Waals surface area contributed by atoms with Crippen molar-refractivity contribution in [3.8, 4) is 0 Å². The molecule has 1 aliphatic rings. The third-order valence-corrected chi connectivity index (χ3v) is 1.65. The van der Waals surface area contributed by atoms with Gasteiger partial charge in [-0.25, -0.2) is 5.14 Å². The highest BCUT2D eigenvalue weighted by molar-refractivity contribution is 7.87. The van der Waals surface area contributed by atoms with Crippen LogP contribution in [0.25, 0.3) is 0 Å². The van der Waals surface area contributed by atoms with Crippen molar-refractivity contribution < 1.29 is 8.42 Å². The average Bonchev–Trinajstić information content (AvgIpc) is 2.12. The van der Waals surface area contributed by atoms with Crippen molar-refractivity contribution in [3.63, 3.8) is 0 Å². The second-order valence-electron chi connectivity index (χ2n) is 2.08. The molecular formula is C4H9N3O2S. The fourth-order valence-corrected chi connectivity index (χ4v) is 1.28. The SMILES string of the molecule is NS(=O)(=O)NC1=NCCC1. The first kappa shape index (κ1) is 7.49. The van der Waals surface area contributed by atoms with Gasteiger partial charge in [-0.05, 0) is 6.42 Å². The molecule has 0 saturated heterocycles. The maximum Gasteiger partial charge on any atom is 0.297 e. The first-order chi connectivity index (χ1) is 4.58. The Labute approximate surface area is 59.5 Å². The minimum atomic E-state index is -3.59. The van der Waals surface area contributed by atoms with E-state index in [1.165, 1.54) is 0 Å². The molecule has 1 heterocycles. The highest BCUT2D eigenvalue weighted by Crippen LogP contribution is 2.00. The number of nitrogens with two attached hydrogens (primary N) is 1. The van der Waals surface area contributed by atoms with Crippen LogP contribution in [0.1, 0.15) is 12.8 Å². The minimum absolute atomic E-state index is 0.475. The van der Waals surface area contributed by atoms with Crippen molar-refractivity contribution in [1.29, 1.82) is 0 Å². The number of amidine groups is 1. The Morgan fingerprint density at radius 1 is 1.60 bits per heavy atom. The molecule has 1 aliphatic heterocycles. The van der Waals surface area contributed by atoms with Gasteiger partial charge in [0, 0.05) is 13.0 Å². The molecule has 5 nitrogen and oxygen atoms in total. The fraction of sp³-hybridized carbons (Fsp3) is 0.750. The number of nitrogens with zero attached hydrogens (tertiary/aromatic N) is 1. The van der Waals surface area contributed by atoms with E-state index in [1.54, 1.807) is 0 Å². The summed E-state index contributed by atoms with van der Waals surface area (Å²) in [5.41, 5.74) is 0. The maximum atomic E-state index is 10.4. The first-order valence-electron chi connectivity index (χ1n) is 2.92. The van der Waals surface area contributed by atoms with E-state index in [0.29, 0.717) is 18.8 Å². The van der Waals surface area contributed by atoms with E-state index in [2.05, 4.69) is 9.71 Å². The van der Waals surface area contributed by atoms with Crippen LogP contribution in [0.15, 0.2) is 4.99 Å². The van der Waals surface area contributed by atoms with E-state index in [4.69, 9.17) is 5.14 Å². The highest BCUT2D eigenvalue weighted by Gasteiger charge is 2.09. The van der Waals surface area contributed by atoms with Gasteiger partial charge in [0.25, 0.3) is 10.2 Å².